The monoisotopic (exact) mass is 310 g/mol. The van der Waals surface area contributed by atoms with Crippen molar-refractivity contribution in [3.05, 3.63) is 29.3 Å². The fourth-order valence-corrected chi connectivity index (χ4v) is 3.32. The van der Waals surface area contributed by atoms with Crippen molar-refractivity contribution in [1.82, 2.24) is 4.31 Å². The molecule has 2 N–H and O–H groups in total. The second kappa shape index (κ2) is 7.57. The molecule has 0 aliphatic heterocycles. The van der Waals surface area contributed by atoms with Crippen LogP contribution < -0.4 is 5.73 Å². The third-order valence-electron chi connectivity index (χ3n) is 3.15. The van der Waals surface area contributed by atoms with Crippen LogP contribution in [0.5, 0.6) is 0 Å². The molecule has 0 heterocycles. The maximum absolute atomic E-state index is 12.7. The van der Waals surface area contributed by atoms with Gasteiger partial charge in [-0.3, -0.25) is 0 Å². The molecular formula is C15H22N2O3S. The van der Waals surface area contributed by atoms with Crippen molar-refractivity contribution in [3.8, 4) is 11.8 Å². The first kappa shape index (κ1) is 17.7. The van der Waals surface area contributed by atoms with Crippen LogP contribution in [0.3, 0.4) is 0 Å². The lowest BCUT2D eigenvalue weighted by atomic mass is 10.1. The van der Waals surface area contributed by atoms with Crippen LogP contribution in [0, 0.1) is 18.8 Å². The number of rotatable bonds is 5. The molecule has 1 aromatic carbocycles. The Kier molecular flexibility index (Phi) is 6.37. The summed E-state index contributed by atoms with van der Waals surface area (Å²) in [7, 11) is -0.545. The third-order valence-corrected chi connectivity index (χ3v) is 5.18. The molecule has 0 saturated carbocycles. The average molecular weight is 310 g/mol. The molecule has 0 aliphatic rings. The van der Waals surface area contributed by atoms with Crippen molar-refractivity contribution in [1.29, 1.82) is 0 Å². The quantitative estimate of drug-likeness (QED) is 0.822. The molecule has 0 radical (unpaired) electrons. The van der Waals surface area contributed by atoms with Crippen LogP contribution in [0.1, 0.15) is 18.1 Å². The van der Waals surface area contributed by atoms with Crippen LogP contribution >= 0.6 is 0 Å². The molecule has 1 rings (SSSR count). The maximum atomic E-state index is 12.7. The first-order valence-corrected chi connectivity index (χ1v) is 8.05. The molecule has 1 unspecified atom stereocenters. The maximum Gasteiger partial charge on any atom is 0.244 e. The summed E-state index contributed by atoms with van der Waals surface area (Å²) in [6.45, 7) is 4.19. The van der Waals surface area contributed by atoms with E-state index in [-0.39, 0.29) is 17.5 Å². The predicted octanol–water partition coefficient (Wildman–Crippen LogP) is 0.961. The van der Waals surface area contributed by atoms with Gasteiger partial charge in [-0.05, 0) is 31.5 Å². The standard InChI is InChI=1S/C15H22N2O3S/c1-12-7-8-15(14(10-12)6-5-9-16)21(18,19)17(3)13(2)11-20-4/h7-8,10,13H,9,11,16H2,1-4H3. The van der Waals surface area contributed by atoms with Crippen molar-refractivity contribution < 1.29 is 13.2 Å². The van der Waals surface area contributed by atoms with Gasteiger partial charge in [0.25, 0.3) is 0 Å². The van der Waals surface area contributed by atoms with Gasteiger partial charge in [0, 0.05) is 25.8 Å². The van der Waals surface area contributed by atoms with E-state index in [9.17, 15) is 8.42 Å². The molecule has 6 heteroatoms. The lowest BCUT2D eigenvalue weighted by molar-refractivity contribution is 0.149. The summed E-state index contributed by atoms with van der Waals surface area (Å²) >= 11 is 0. The molecule has 0 aromatic heterocycles. The highest BCUT2D eigenvalue weighted by Crippen LogP contribution is 2.21. The van der Waals surface area contributed by atoms with Gasteiger partial charge in [-0.1, -0.05) is 17.9 Å². The Hall–Kier alpha value is -1.39. The van der Waals surface area contributed by atoms with Gasteiger partial charge in [0.1, 0.15) is 0 Å². The summed E-state index contributed by atoms with van der Waals surface area (Å²) in [5, 5.41) is 0. The molecular weight excluding hydrogens is 288 g/mol. The van der Waals surface area contributed by atoms with Gasteiger partial charge in [0.2, 0.25) is 10.0 Å². The van der Waals surface area contributed by atoms with Crippen LogP contribution in [-0.2, 0) is 14.8 Å². The van der Waals surface area contributed by atoms with Gasteiger partial charge in [0.15, 0.2) is 0 Å². The molecule has 0 aliphatic carbocycles. The molecule has 0 saturated heterocycles. The largest absolute Gasteiger partial charge is 0.383 e. The molecule has 116 valence electrons. The lowest BCUT2D eigenvalue weighted by Crippen LogP contribution is -2.38. The summed E-state index contributed by atoms with van der Waals surface area (Å²) in [5.74, 6) is 5.54. The van der Waals surface area contributed by atoms with Crippen molar-refractivity contribution in [3.63, 3.8) is 0 Å². The molecule has 1 atom stereocenters. The molecule has 5 nitrogen and oxygen atoms in total. The van der Waals surface area contributed by atoms with Crippen molar-refractivity contribution in [2.75, 3.05) is 27.3 Å². The minimum Gasteiger partial charge on any atom is -0.383 e. The van der Waals surface area contributed by atoms with Gasteiger partial charge in [-0.15, -0.1) is 0 Å². The molecule has 0 bridgehead atoms. The number of hydrogen-bond acceptors (Lipinski definition) is 4. The Morgan fingerprint density at radius 3 is 2.67 bits per heavy atom. The van der Waals surface area contributed by atoms with Crippen LogP contribution in [0.15, 0.2) is 23.1 Å². The number of sulfonamides is 1. The van der Waals surface area contributed by atoms with E-state index in [0.29, 0.717) is 12.2 Å². The van der Waals surface area contributed by atoms with E-state index in [4.69, 9.17) is 10.5 Å². The van der Waals surface area contributed by atoms with E-state index in [1.807, 2.05) is 6.92 Å². The van der Waals surface area contributed by atoms with Crippen LogP contribution in [0.25, 0.3) is 0 Å². The van der Waals surface area contributed by atoms with E-state index in [1.54, 1.807) is 39.3 Å². The van der Waals surface area contributed by atoms with E-state index in [0.717, 1.165) is 5.56 Å². The van der Waals surface area contributed by atoms with Gasteiger partial charge in [-0.25, -0.2) is 8.42 Å². The number of aryl methyl sites for hydroxylation is 1. The summed E-state index contributed by atoms with van der Waals surface area (Å²) < 4.78 is 31.7. The molecule has 21 heavy (non-hydrogen) atoms. The normalized spacial score (nSPS) is 12.9. The van der Waals surface area contributed by atoms with Crippen LogP contribution in [-0.4, -0.2) is 46.1 Å². The Morgan fingerprint density at radius 2 is 2.10 bits per heavy atom. The summed E-state index contributed by atoms with van der Waals surface area (Å²) in [6.07, 6.45) is 0. The fraction of sp³-hybridized carbons (Fsp3) is 0.467. The first-order valence-electron chi connectivity index (χ1n) is 6.61. The number of hydrogen-bond donors (Lipinski definition) is 1. The Labute approximate surface area is 127 Å². The Bertz CT molecular complexity index is 645. The molecule has 0 fully saturated rings. The fourth-order valence-electron chi connectivity index (χ4n) is 1.85. The third kappa shape index (κ3) is 4.29. The number of methoxy groups -OCH3 is 1. The van der Waals surface area contributed by atoms with E-state index >= 15 is 0 Å². The highest BCUT2D eigenvalue weighted by atomic mass is 32.2. The SMILES string of the molecule is COCC(C)N(C)S(=O)(=O)c1ccc(C)cc1C#CCN. The zero-order valence-electron chi connectivity index (χ0n) is 12.9. The Balaban J connectivity index is 3.31. The van der Waals surface area contributed by atoms with Crippen molar-refractivity contribution >= 4 is 10.0 Å². The van der Waals surface area contributed by atoms with Crippen molar-refractivity contribution in [2.24, 2.45) is 5.73 Å². The Morgan fingerprint density at radius 1 is 1.43 bits per heavy atom. The lowest BCUT2D eigenvalue weighted by Gasteiger charge is -2.24. The van der Waals surface area contributed by atoms with Crippen LogP contribution in [0.4, 0.5) is 0 Å². The minimum atomic E-state index is -3.63. The van der Waals surface area contributed by atoms with Gasteiger partial charge in [-0.2, -0.15) is 4.31 Å². The minimum absolute atomic E-state index is 0.184. The van der Waals surface area contributed by atoms with Crippen molar-refractivity contribution in [2.45, 2.75) is 24.8 Å². The number of nitrogens with zero attached hydrogens (tertiary/aromatic N) is 1. The van der Waals surface area contributed by atoms with Crippen LogP contribution in [0.2, 0.25) is 0 Å². The summed E-state index contributed by atoms with van der Waals surface area (Å²) in [4.78, 5) is 0.194. The smallest absolute Gasteiger partial charge is 0.244 e. The van der Waals surface area contributed by atoms with Gasteiger partial charge < -0.3 is 10.5 Å². The zero-order valence-corrected chi connectivity index (χ0v) is 13.7. The molecule has 0 spiro atoms. The number of likely N-dealkylation sites (N-methyl/N-ethyl adjacent to an activating group) is 1. The first-order chi connectivity index (χ1) is 9.84. The predicted molar refractivity (Wildman–Crippen MR) is 83.4 cm³/mol. The van der Waals surface area contributed by atoms with E-state index in [2.05, 4.69) is 11.8 Å². The summed E-state index contributed by atoms with van der Waals surface area (Å²) in [5.41, 5.74) is 6.79. The second-order valence-electron chi connectivity index (χ2n) is 4.83. The summed E-state index contributed by atoms with van der Waals surface area (Å²) in [6, 6.07) is 4.83. The molecule has 1 aromatic rings. The average Bonchev–Trinajstić information content (AvgIpc) is 2.44. The number of ether oxygens (including phenoxy) is 1. The van der Waals surface area contributed by atoms with Gasteiger partial charge >= 0.3 is 0 Å². The van der Waals surface area contributed by atoms with E-state index in [1.165, 1.54) is 4.31 Å². The number of benzene rings is 1. The molecule has 0 amide bonds. The highest BCUT2D eigenvalue weighted by Gasteiger charge is 2.27. The second-order valence-corrected chi connectivity index (χ2v) is 6.80. The highest BCUT2D eigenvalue weighted by molar-refractivity contribution is 7.89. The van der Waals surface area contributed by atoms with Gasteiger partial charge in [0.05, 0.1) is 18.0 Å². The topological polar surface area (TPSA) is 72.6 Å². The zero-order chi connectivity index (χ0) is 16.0. The number of nitrogens with two attached hydrogens (primary N) is 1. The van der Waals surface area contributed by atoms with E-state index < -0.39 is 10.0 Å².